The van der Waals surface area contributed by atoms with Gasteiger partial charge in [0.05, 0.1) is 30.0 Å². The van der Waals surface area contributed by atoms with Gasteiger partial charge in [0.25, 0.3) is 0 Å². The highest BCUT2D eigenvalue weighted by Gasteiger charge is 2.32. The molecule has 0 bridgehead atoms. The number of hydrogen-bond donors (Lipinski definition) is 5. The molecule has 2 aromatic carbocycles. The summed E-state index contributed by atoms with van der Waals surface area (Å²) in [4.78, 5) is 26.0. The highest BCUT2D eigenvalue weighted by Crippen LogP contribution is 2.16. The van der Waals surface area contributed by atoms with Crippen LogP contribution >= 0.6 is 0 Å². The van der Waals surface area contributed by atoms with Crippen molar-refractivity contribution in [1.82, 2.24) is 20.7 Å². The molecule has 0 spiro atoms. The molecule has 0 radical (unpaired) electrons. The van der Waals surface area contributed by atoms with Gasteiger partial charge in [0.1, 0.15) is 0 Å². The van der Waals surface area contributed by atoms with Crippen LogP contribution in [-0.2, 0) is 27.7 Å². The van der Waals surface area contributed by atoms with E-state index in [-0.39, 0.29) is 5.75 Å². The zero-order valence-corrected chi connectivity index (χ0v) is 26.0. The molecule has 0 saturated heterocycles. The van der Waals surface area contributed by atoms with Crippen LogP contribution in [0.25, 0.3) is 0 Å². The number of sulfonamides is 1. The maximum Gasteiger partial charge on any atom is 0.315 e. The summed E-state index contributed by atoms with van der Waals surface area (Å²) in [6, 6.07) is 15.8. The molecule has 0 fully saturated rings. The van der Waals surface area contributed by atoms with Gasteiger partial charge in [-0.3, -0.25) is 4.79 Å². The Kier molecular flexibility index (Phi) is 13.3. The van der Waals surface area contributed by atoms with Gasteiger partial charge in [-0.2, -0.15) is 0 Å². The lowest BCUT2D eigenvalue weighted by molar-refractivity contribution is -0.124. The van der Waals surface area contributed by atoms with Gasteiger partial charge < -0.3 is 21.1 Å². The Bertz CT molecular complexity index is 1180. The van der Waals surface area contributed by atoms with Gasteiger partial charge in [-0.1, -0.05) is 74.5 Å². The zero-order chi connectivity index (χ0) is 30.6. The number of urea groups is 1. The Morgan fingerprint density at radius 1 is 0.829 bits per heavy atom. The molecule has 2 rings (SSSR count). The summed E-state index contributed by atoms with van der Waals surface area (Å²) >= 11 is 0. The van der Waals surface area contributed by atoms with Crippen molar-refractivity contribution in [3.63, 3.8) is 0 Å². The fourth-order valence-electron chi connectivity index (χ4n) is 4.38. The Morgan fingerprint density at radius 3 is 1.93 bits per heavy atom. The zero-order valence-electron chi connectivity index (χ0n) is 25.2. The molecule has 0 aliphatic carbocycles. The molecule has 4 atom stereocenters. The van der Waals surface area contributed by atoms with Crippen molar-refractivity contribution in [2.75, 3.05) is 5.75 Å². The van der Waals surface area contributed by atoms with Crippen molar-refractivity contribution in [3.8, 4) is 0 Å². The predicted octanol–water partition coefficient (Wildman–Crippen LogP) is 3.53. The van der Waals surface area contributed by atoms with E-state index in [1.165, 1.54) is 6.92 Å². The second-order valence-electron chi connectivity index (χ2n) is 12.1. The lowest BCUT2D eigenvalue weighted by Gasteiger charge is -2.33. The maximum absolute atomic E-state index is 13.2. The fraction of sp³-hybridized carbons (Fsp3) is 0.548. The summed E-state index contributed by atoms with van der Waals surface area (Å²) in [5.41, 5.74) is 1.30. The lowest BCUT2D eigenvalue weighted by atomic mass is 9.91. The second-order valence-corrected chi connectivity index (χ2v) is 14.0. The SMILES string of the molecule is CC(C)CCC(NC(=O)NC(C)(C)C)[C@H](O)C(Cc1ccccc1)NC(=O)[C@H](C)NS(=O)(=O)CCc1ccccc1. The molecule has 2 unspecified atom stereocenters. The Hall–Kier alpha value is -2.95. The summed E-state index contributed by atoms with van der Waals surface area (Å²) in [7, 11) is -3.75. The number of nitrogens with one attached hydrogen (secondary N) is 4. The molecule has 2 aromatic rings. The average Bonchev–Trinajstić information content (AvgIpc) is 2.89. The molecule has 5 N–H and O–H groups in total. The van der Waals surface area contributed by atoms with Crippen molar-refractivity contribution in [2.45, 2.75) is 97.0 Å². The largest absolute Gasteiger partial charge is 0.389 e. The third-order valence-electron chi connectivity index (χ3n) is 6.56. The van der Waals surface area contributed by atoms with E-state index < -0.39 is 51.7 Å². The summed E-state index contributed by atoms with van der Waals surface area (Å²) in [5, 5.41) is 20.2. The highest BCUT2D eigenvalue weighted by atomic mass is 32.2. The first-order valence-electron chi connectivity index (χ1n) is 14.3. The van der Waals surface area contributed by atoms with Gasteiger partial charge in [0.15, 0.2) is 0 Å². The molecular weight excluding hydrogens is 540 g/mol. The lowest BCUT2D eigenvalue weighted by Crippen LogP contribution is -2.59. The number of rotatable bonds is 15. The average molecular weight is 589 g/mol. The molecule has 10 heteroatoms. The van der Waals surface area contributed by atoms with Gasteiger partial charge in [-0.25, -0.2) is 17.9 Å². The van der Waals surface area contributed by atoms with Gasteiger partial charge in [0.2, 0.25) is 15.9 Å². The number of aliphatic hydroxyl groups is 1. The monoisotopic (exact) mass is 588 g/mol. The molecule has 0 saturated carbocycles. The van der Waals surface area contributed by atoms with Crippen molar-refractivity contribution in [3.05, 3.63) is 71.8 Å². The molecular formula is C31H48N4O5S. The number of hydrogen-bond acceptors (Lipinski definition) is 5. The molecule has 0 aromatic heterocycles. The predicted molar refractivity (Wildman–Crippen MR) is 164 cm³/mol. The highest BCUT2D eigenvalue weighted by molar-refractivity contribution is 7.89. The number of carbonyl (C=O) groups excluding carboxylic acids is 2. The van der Waals surface area contributed by atoms with Crippen molar-refractivity contribution in [2.24, 2.45) is 5.92 Å². The number of benzene rings is 2. The van der Waals surface area contributed by atoms with Gasteiger partial charge in [-0.05, 0) is 70.4 Å². The van der Waals surface area contributed by atoms with Crippen LogP contribution in [0.5, 0.6) is 0 Å². The van der Waals surface area contributed by atoms with E-state index in [9.17, 15) is 23.1 Å². The topological polar surface area (TPSA) is 137 Å². The quantitative estimate of drug-likeness (QED) is 0.217. The van der Waals surface area contributed by atoms with E-state index in [0.29, 0.717) is 25.2 Å². The first-order chi connectivity index (χ1) is 19.1. The fourth-order valence-corrected chi connectivity index (χ4v) is 5.65. The molecule has 3 amide bonds. The van der Waals surface area contributed by atoms with Gasteiger partial charge >= 0.3 is 6.03 Å². The standard InChI is InChI=1S/C31H48N4O5S/c1-22(2)17-18-26(33-30(38)34-31(4,5)6)28(36)27(21-25-15-11-8-12-16-25)32-29(37)23(3)35-41(39,40)20-19-24-13-9-7-10-14-24/h7-16,22-23,26-28,35-36H,17-21H2,1-6H3,(H,32,37)(H2,33,34,38)/t23-,26?,27?,28-/m0/s1. The van der Waals surface area contributed by atoms with E-state index in [4.69, 9.17) is 0 Å². The summed E-state index contributed by atoms with van der Waals surface area (Å²) in [5.74, 6) is -0.380. The van der Waals surface area contributed by atoms with E-state index in [1.54, 1.807) is 0 Å². The molecule has 0 aliphatic rings. The first-order valence-corrected chi connectivity index (χ1v) is 16.0. The van der Waals surface area contributed by atoms with Crippen LogP contribution in [0, 0.1) is 5.92 Å². The molecule has 0 aliphatic heterocycles. The van der Waals surface area contributed by atoms with Crippen LogP contribution in [0.4, 0.5) is 4.79 Å². The summed E-state index contributed by atoms with van der Waals surface area (Å²) < 4.78 is 27.9. The first kappa shape index (κ1) is 34.3. The number of aryl methyl sites for hydroxylation is 1. The van der Waals surface area contributed by atoms with Crippen molar-refractivity contribution < 1.29 is 23.1 Å². The number of aliphatic hydroxyl groups excluding tert-OH is 1. The number of carbonyl (C=O) groups is 2. The smallest absolute Gasteiger partial charge is 0.315 e. The minimum Gasteiger partial charge on any atom is -0.389 e. The minimum absolute atomic E-state index is 0.158. The van der Waals surface area contributed by atoms with Crippen LogP contribution in [0.2, 0.25) is 0 Å². The summed E-state index contributed by atoms with van der Waals surface area (Å²) in [6.07, 6.45) is 0.729. The van der Waals surface area contributed by atoms with Crippen molar-refractivity contribution in [1.29, 1.82) is 0 Å². The van der Waals surface area contributed by atoms with Gasteiger partial charge in [0, 0.05) is 5.54 Å². The van der Waals surface area contributed by atoms with Crippen LogP contribution in [0.3, 0.4) is 0 Å². The van der Waals surface area contributed by atoms with Crippen molar-refractivity contribution >= 4 is 22.0 Å². The van der Waals surface area contributed by atoms with E-state index in [2.05, 4.69) is 34.5 Å². The Morgan fingerprint density at radius 2 is 1.39 bits per heavy atom. The Balaban J connectivity index is 2.19. The third kappa shape index (κ3) is 13.5. The Labute approximate surface area is 245 Å². The minimum atomic E-state index is -3.75. The van der Waals surface area contributed by atoms with Crippen LogP contribution in [0.15, 0.2) is 60.7 Å². The number of amides is 3. The normalized spacial score (nSPS) is 15.0. The molecule has 9 nitrogen and oxygen atoms in total. The van der Waals surface area contributed by atoms with Crippen LogP contribution in [-0.4, -0.2) is 61.0 Å². The van der Waals surface area contributed by atoms with E-state index >= 15 is 0 Å². The van der Waals surface area contributed by atoms with E-state index in [0.717, 1.165) is 17.5 Å². The van der Waals surface area contributed by atoms with Crippen LogP contribution in [0.1, 0.15) is 65.5 Å². The summed E-state index contributed by atoms with van der Waals surface area (Å²) in [6.45, 7) is 11.2. The third-order valence-corrected chi connectivity index (χ3v) is 8.02. The molecule has 228 valence electrons. The maximum atomic E-state index is 13.2. The molecule has 41 heavy (non-hydrogen) atoms. The second kappa shape index (κ2) is 15.9. The van der Waals surface area contributed by atoms with E-state index in [1.807, 2.05) is 81.4 Å². The van der Waals surface area contributed by atoms with Crippen LogP contribution < -0.4 is 20.7 Å². The molecule has 0 heterocycles. The van der Waals surface area contributed by atoms with Gasteiger partial charge in [-0.15, -0.1) is 0 Å².